The number of anilines is 4. The maximum absolute atomic E-state index is 6.36. The van der Waals surface area contributed by atoms with E-state index in [1.807, 2.05) is 12.1 Å². The molecule has 0 aliphatic carbocycles. The van der Waals surface area contributed by atoms with Gasteiger partial charge in [0.25, 0.3) is 0 Å². The first-order chi connectivity index (χ1) is 24.3. The van der Waals surface area contributed by atoms with Crippen LogP contribution in [0.3, 0.4) is 0 Å². The normalized spacial score (nSPS) is 12.5. The Morgan fingerprint density at radius 2 is 1.18 bits per heavy atom. The molecule has 1 aliphatic rings. The first-order valence-corrected chi connectivity index (χ1v) is 16.6. The summed E-state index contributed by atoms with van der Waals surface area (Å²) in [6, 6.07) is 53.8. The third-order valence-corrected chi connectivity index (χ3v) is 9.67. The van der Waals surface area contributed by atoms with Crippen LogP contribution in [0.1, 0.15) is 5.76 Å². The minimum Gasteiger partial charge on any atom is -0.456 e. The van der Waals surface area contributed by atoms with Gasteiger partial charge in [-0.2, -0.15) is 0 Å². The van der Waals surface area contributed by atoms with Crippen molar-refractivity contribution < 1.29 is 8.83 Å². The fourth-order valence-electron chi connectivity index (χ4n) is 7.25. The van der Waals surface area contributed by atoms with Crippen LogP contribution in [0.2, 0.25) is 0 Å². The highest BCUT2D eigenvalue weighted by Gasteiger charge is 2.19. The lowest BCUT2D eigenvalue weighted by atomic mass is 10.0. The Bertz CT molecular complexity index is 2710. The number of benzene rings is 7. The SMILES string of the molecule is C1=Cc2oc3c(-c4ccc(N(c5ccc(-c6ccc7ccccc7c6)cc5)c5ccc6c(c5)oc5ccccc56)cc4)cccc3c2NC1. The van der Waals surface area contributed by atoms with E-state index in [1.165, 1.54) is 21.9 Å². The zero-order valence-electron chi connectivity index (χ0n) is 26.6. The number of nitrogens with zero attached hydrogens (tertiary/aromatic N) is 1. The molecule has 2 aromatic heterocycles. The average molecular weight is 631 g/mol. The highest BCUT2D eigenvalue weighted by Crippen LogP contribution is 2.42. The Kier molecular flexibility index (Phi) is 6.21. The Morgan fingerprint density at radius 3 is 2.04 bits per heavy atom. The van der Waals surface area contributed by atoms with Crippen molar-refractivity contribution in [1.82, 2.24) is 0 Å². The highest BCUT2D eigenvalue weighted by atomic mass is 16.3. The van der Waals surface area contributed by atoms with Crippen molar-refractivity contribution in [3.8, 4) is 22.3 Å². The molecule has 10 rings (SSSR count). The van der Waals surface area contributed by atoms with Gasteiger partial charge in [0.2, 0.25) is 0 Å². The second-order valence-corrected chi connectivity index (χ2v) is 12.6. The summed E-state index contributed by atoms with van der Waals surface area (Å²) in [5, 5.41) is 9.30. The standard InChI is InChI=1S/C45H30N2O2/c1-2-8-32-27-33(15-14-29(32)7-1)30-16-20-34(21-17-30)47(36-24-25-39-38-9-3-4-12-41(38)48-43(39)28-36)35-22-18-31(19-23-35)37-10-5-11-40-44-42(49-45(37)40)13-6-26-46-44/h1-25,27-28,46H,26H2. The Hall–Kier alpha value is -6.52. The lowest BCUT2D eigenvalue weighted by molar-refractivity contribution is 0.605. The molecular weight excluding hydrogens is 601 g/mol. The Balaban J connectivity index is 1.07. The molecule has 0 saturated carbocycles. The summed E-state index contributed by atoms with van der Waals surface area (Å²) >= 11 is 0. The zero-order valence-corrected chi connectivity index (χ0v) is 26.6. The van der Waals surface area contributed by atoms with Crippen molar-refractivity contribution in [1.29, 1.82) is 0 Å². The third kappa shape index (κ3) is 4.61. The van der Waals surface area contributed by atoms with E-state index < -0.39 is 0 Å². The maximum atomic E-state index is 6.36. The summed E-state index contributed by atoms with van der Waals surface area (Å²) in [7, 11) is 0. The van der Waals surface area contributed by atoms with E-state index in [0.29, 0.717) is 0 Å². The minimum atomic E-state index is 0.805. The summed E-state index contributed by atoms with van der Waals surface area (Å²) in [6.07, 6.45) is 4.14. The second-order valence-electron chi connectivity index (χ2n) is 12.6. The van der Waals surface area contributed by atoms with Gasteiger partial charge in [-0.05, 0) is 88.1 Å². The van der Waals surface area contributed by atoms with Gasteiger partial charge in [0.1, 0.15) is 16.7 Å². The predicted octanol–water partition coefficient (Wildman–Crippen LogP) is 12.7. The summed E-state index contributed by atoms with van der Waals surface area (Å²) in [4.78, 5) is 2.29. The van der Waals surface area contributed by atoms with Crippen LogP contribution in [0.4, 0.5) is 22.7 Å². The first-order valence-electron chi connectivity index (χ1n) is 16.6. The van der Waals surface area contributed by atoms with Crippen molar-refractivity contribution in [2.45, 2.75) is 0 Å². The van der Waals surface area contributed by atoms with Crippen LogP contribution in [0.25, 0.3) is 72.0 Å². The van der Waals surface area contributed by atoms with Gasteiger partial charge in [-0.15, -0.1) is 0 Å². The third-order valence-electron chi connectivity index (χ3n) is 9.67. The van der Waals surface area contributed by atoms with Gasteiger partial charge < -0.3 is 19.1 Å². The highest BCUT2D eigenvalue weighted by molar-refractivity contribution is 6.06. The molecule has 1 aliphatic heterocycles. The number of nitrogens with one attached hydrogen (secondary N) is 1. The largest absolute Gasteiger partial charge is 0.456 e. The lowest BCUT2D eigenvalue weighted by Gasteiger charge is -2.26. The van der Waals surface area contributed by atoms with Gasteiger partial charge in [0.05, 0.1) is 5.69 Å². The summed E-state index contributed by atoms with van der Waals surface area (Å²) in [6.45, 7) is 0.805. The molecule has 7 aromatic carbocycles. The predicted molar refractivity (Wildman–Crippen MR) is 204 cm³/mol. The van der Waals surface area contributed by atoms with Crippen LogP contribution >= 0.6 is 0 Å². The molecule has 0 bridgehead atoms. The monoisotopic (exact) mass is 630 g/mol. The molecule has 0 spiro atoms. The molecule has 4 nitrogen and oxygen atoms in total. The molecule has 0 atom stereocenters. The number of hydrogen-bond acceptors (Lipinski definition) is 4. The Morgan fingerprint density at radius 1 is 0.490 bits per heavy atom. The molecule has 0 radical (unpaired) electrons. The summed E-state index contributed by atoms with van der Waals surface area (Å²) in [5.41, 5.74) is 11.4. The average Bonchev–Trinajstić information content (AvgIpc) is 3.74. The lowest BCUT2D eigenvalue weighted by Crippen LogP contribution is -2.09. The van der Waals surface area contributed by atoms with Crippen molar-refractivity contribution in [3.05, 3.63) is 163 Å². The Labute approximate surface area is 283 Å². The van der Waals surface area contributed by atoms with E-state index in [0.717, 1.165) is 79.1 Å². The molecule has 4 heteroatoms. The molecule has 0 amide bonds. The molecular formula is C45H30N2O2. The molecule has 0 unspecified atom stereocenters. The quantitative estimate of drug-likeness (QED) is 0.205. The smallest absolute Gasteiger partial charge is 0.151 e. The molecule has 1 N–H and O–H groups in total. The number of furan rings is 2. The van der Waals surface area contributed by atoms with Crippen LogP contribution in [0.15, 0.2) is 167 Å². The van der Waals surface area contributed by atoms with E-state index >= 15 is 0 Å². The van der Waals surface area contributed by atoms with Crippen LogP contribution in [-0.2, 0) is 0 Å². The van der Waals surface area contributed by atoms with Gasteiger partial charge in [-0.1, -0.05) is 97.1 Å². The second kappa shape index (κ2) is 11.0. The van der Waals surface area contributed by atoms with E-state index in [4.69, 9.17) is 8.83 Å². The van der Waals surface area contributed by atoms with Crippen molar-refractivity contribution in [2.75, 3.05) is 16.8 Å². The number of para-hydroxylation sites is 2. The summed E-state index contributed by atoms with van der Waals surface area (Å²) < 4.78 is 12.7. The van der Waals surface area contributed by atoms with Crippen molar-refractivity contribution in [3.63, 3.8) is 0 Å². The number of hydrogen-bond donors (Lipinski definition) is 1. The zero-order chi connectivity index (χ0) is 32.3. The van der Waals surface area contributed by atoms with E-state index in [1.54, 1.807) is 0 Å². The molecule has 0 fully saturated rings. The fraction of sp³-hybridized carbons (Fsp3) is 0.0222. The minimum absolute atomic E-state index is 0.805. The van der Waals surface area contributed by atoms with Crippen LogP contribution in [0, 0.1) is 0 Å². The van der Waals surface area contributed by atoms with Crippen molar-refractivity contribution in [2.24, 2.45) is 0 Å². The van der Waals surface area contributed by atoms with Gasteiger partial charge in [-0.25, -0.2) is 0 Å². The van der Waals surface area contributed by atoms with E-state index in [-0.39, 0.29) is 0 Å². The number of rotatable bonds is 5. The molecule has 0 saturated heterocycles. The van der Waals surface area contributed by atoms with Gasteiger partial charge in [-0.3, -0.25) is 0 Å². The molecule has 3 heterocycles. The molecule has 232 valence electrons. The van der Waals surface area contributed by atoms with Gasteiger partial charge in [0.15, 0.2) is 5.76 Å². The van der Waals surface area contributed by atoms with Crippen LogP contribution in [0.5, 0.6) is 0 Å². The van der Waals surface area contributed by atoms with Gasteiger partial charge in [0, 0.05) is 51.4 Å². The van der Waals surface area contributed by atoms with E-state index in [9.17, 15) is 0 Å². The molecule has 9 aromatic rings. The molecule has 49 heavy (non-hydrogen) atoms. The van der Waals surface area contributed by atoms with Gasteiger partial charge >= 0.3 is 0 Å². The first kappa shape index (κ1) is 27.6. The topological polar surface area (TPSA) is 41.6 Å². The van der Waals surface area contributed by atoms with E-state index in [2.05, 4.69) is 162 Å². The van der Waals surface area contributed by atoms with Crippen LogP contribution < -0.4 is 10.2 Å². The van der Waals surface area contributed by atoms with Crippen LogP contribution in [-0.4, -0.2) is 6.54 Å². The fourth-order valence-corrected chi connectivity index (χ4v) is 7.25. The maximum Gasteiger partial charge on any atom is 0.151 e. The van der Waals surface area contributed by atoms with Crippen molar-refractivity contribution >= 4 is 72.5 Å². The summed E-state index contributed by atoms with van der Waals surface area (Å²) in [5.74, 6) is 0.879. The number of fused-ring (bicyclic) bond motifs is 7.